The Morgan fingerprint density at radius 1 is 1.32 bits per heavy atom. The summed E-state index contributed by atoms with van der Waals surface area (Å²) < 4.78 is 2.73. The van der Waals surface area contributed by atoms with E-state index in [0.717, 1.165) is 11.0 Å². The van der Waals surface area contributed by atoms with Crippen molar-refractivity contribution in [3.63, 3.8) is 0 Å². The van der Waals surface area contributed by atoms with Gasteiger partial charge in [0.15, 0.2) is 0 Å². The minimum absolute atomic E-state index is 0.189. The second-order valence-corrected chi connectivity index (χ2v) is 5.64. The summed E-state index contributed by atoms with van der Waals surface area (Å²) in [5, 5.41) is 3.66. The van der Waals surface area contributed by atoms with Crippen LogP contribution in [0, 0.1) is 0 Å². The molecule has 1 aromatic heterocycles. The van der Waals surface area contributed by atoms with Gasteiger partial charge in [-0.1, -0.05) is 23.2 Å². The number of aromatic nitrogens is 1. The van der Waals surface area contributed by atoms with Gasteiger partial charge in [-0.3, -0.25) is 4.79 Å². The fourth-order valence-corrected chi connectivity index (χ4v) is 2.46. The second-order valence-electron chi connectivity index (χ2n) is 3.91. The Hall–Kier alpha value is -0.970. The van der Waals surface area contributed by atoms with Crippen molar-refractivity contribution in [2.45, 2.75) is 13.5 Å². The van der Waals surface area contributed by atoms with Crippen LogP contribution in [0.3, 0.4) is 0 Å². The molecule has 0 saturated heterocycles. The van der Waals surface area contributed by atoms with Crippen LogP contribution in [0.4, 0.5) is 5.69 Å². The fourth-order valence-electron chi connectivity index (χ4n) is 1.70. The van der Waals surface area contributed by atoms with Gasteiger partial charge in [0.05, 0.1) is 10.0 Å². The number of aryl methyl sites for hydroxylation is 1. The van der Waals surface area contributed by atoms with Crippen LogP contribution in [0.1, 0.15) is 17.4 Å². The highest BCUT2D eigenvalue weighted by Crippen LogP contribution is 2.25. The Balaban J connectivity index is 2.22. The van der Waals surface area contributed by atoms with E-state index in [4.69, 9.17) is 23.2 Å². The summed E-state index contributed by atoms with van der Waals surface area (Å²) in [6.45, 7) is 2.69. The highest BCUT2D eigenvalue weighted by Gasteiger charge is 2.13. The van der Waals surface area contributed by atoms with Crippen molar-refractivity contribution in [1.29, 1.82) is 0 Å². The van der Waals surface area contributed by atoms with Gasteiger partial charge in [0.1, 0.15) is 5.69 Å². The molecule has 6 heteroatoms. The molecule has 0 atom stereocenters. The van der Waals surface area contributed by atoms with Gasteiger partial charge in [-0.25, -0.2) is 0 Å². The first-order chi connectivity index (χ1) is 9.01. The van der Waals surface area contributed by atoms with E-state index >= 15 is 0 Å². The van der Waals surface area contributed by atoms with E-state index in [-0.39, 0.29) is 5.91 Å². The molecule has 0 aliphatic heterocycles. The van der Waals surface area contributed by atoms with Gasteiger partial charge in [0, 0.05) is 22.9 Å². The van der Waals surface area contributed by atoms with Gasteiger partial charge in [-0.05, 0) is 47.1 Å². The SMILES string of the molecule is CCn1cc(Br)cc1C(=O)Nc1ccc(Cl)c(Cl)c1. The maximum atomic E-state index is 12.2. The third-order valence-corrected chi connectivity index (χ3v) is 3.79. The highest BCUT2D eigenvalue weighted by molar-refractivity contribution is 9.10. The summed E-state index contributed by atoms with van der Waals surface area (Å²) in [6, 6.07) is 6.75. The van der Waals surface area contributed by atoms with E-state index in [0.29, 0.717) is 21.4 Å². The van der Waals surface area contributed by atoms with Crippen molar-refractivity contribution in [3.8, 4) is 0 Å². The Morgan fingerprint density at radius 3 is 2.68 bits per heavy atom. The van der Waals surface area contributed by atoms with E-state index in [2.05, 4.69) is 21.2 Å². The van der Waals surface area contributed by atoms with Crippen molar-refractivity contribution < 1.29 is 4.79 Å². The minimum atomic E-state index is -0.189. The number of rotatable bonds is 3. The van der Waals surface area contributed by atoms with E-state index in [9.17, 15) is 4.79 Å². The number of hydrogen-bond acceptors (Lipinski definition) is 1. The Labute approximate surface area is 129 Å². The molecular weight excluding hydrogens is 351 g/mol. The lowest BCUT2D eigenvalue weighted by molar-refractivity contribution is 0.101. The zero-order chi connectivity index (χ0) is 14.0. The van der Waals surface area contributed by atoms with Crippen molar-refractivity contribution in [1.82, 2.24) is 4.57 Å². The number of halogens is 3. The molecule has 1 amide bonds. The lowest BCUT2D eigenvalue weighted by atomic mass is 10.3. The monoisotopic (exact) mass is 360 g/mol. The topological polar surface area (TPSA) is 34.0 Å². The number of amides is 1. The van der Waals surface area contributed by atoms with E-state index in [1.54, 1.807) is 24.3 Å². The first kappa shape index (κ1) is 14.4. The summed E-state index contributed by atoms with van der Waals surface area (Å²) in [5.41, 5.74) is 1.19. The lowest BCUT2D eigenvalue weighted by Gasteiger charge is -2.08. The number of carbonyl (C=O) groups is 1. The van der Waals surface area contributed by atoms with Crippen LogP contribution < -0.4 is 5.32 Å². The van der Waals surface area contributed by atoms with Gasteiger partial charge in [-0.2, -0.15) is 0 Å². The lowest BCUT2D eigenvalue weighted by Crippen LogP contribution is -2.16. The average molecular weight is 362 g/mol. The van der Waals surface area contributed by atoms with Crippen LogP contribution in [0.2, 0.25) is 10.0 Å². The minimum Gasteiger partial charge on any atom is -0.343 e. The molecule has 1 N–H and O–H groups in total. The third kappa shape index (κ3) is 3.32. The van der Waals surface area contributed by atoms with Gasteiger partial charge < -0.3 is 9.88 Å². The fraction of sp³-hybridized carbons (Fsp3) is 0.154. The van der Waals surface area contributed by atoms with Crippen molar-refractivity contribution >= 4 is 50.7 Å². The van der Waals surface area contributed by atoms with Crippen LogP contribution in [-0.4, -0.2) is 10.5 Å². The molecule has 2 rings (SSSR count). The molecule has 1 aromatic carbocycles. The van der Waals surface area contributed by atoms with Crippen LogP contribution in [0.5, 0.6) is 0 Å². The van der Waals surface area contributed by atoms with Crippen molar-refractivity contribution in [2.24, 2.45) is 0 Å². The Bertz CT molecular complexity index is 625. The standard InChI is InChI=1S/C13H11BrCl2N2O/c1-2-18-7-8(14)5-12(18)13(19)17-9-3-4-10(15)11(16)6-9/h3-7H,2H2,1H3,(H,17,19). The second kappa shape index (κ2) is 5.99. The van der Waals surface area contributed by atoms with Crippen LogP contribution in [-0.2, 0) is 6.54 Å². The smallest absolute Gasteiger partial charge is 0.272 e. The molecule has 0 saturated carbocycles. The molecule has 0 radical (unpaired) electrons. The normalized spacial score (nSPS) is 10.5. The molecule has 1 heterocycles. The van der Waals surface area contributed by atoms with E-state index in [1.165, 1.54) is 0 Å². The first-order valence-electron chi connectivity index (χ1n) is 5.63. The molecule has 2 aromatic rings. The first-order valence-corrected chi connectivity index (χ1v) is 7.18. The molecule has 0 fully saturated rings. The van der Waals surface area contributed by atoms with Crippen LogP contribution in [0.15, 0.2) is 34.9 Å². The number of hydrogen-bond donors (Lipinski definition) is 1. The largest absolute Gasteiger partial charge is 0.343 e. The molecule has 0 spiro atoms. The van der Waals surface area contributed by atoms with Gasteiger partial charge in [0.25, 0.3) is 5.91 Å². The van der Waals surface area contributed by atoms with Crippen LogP contribution >= 0.6 is 39.1 Å². The molecule has 0 aliphatic rings. The summed E-state index contributed by atoms with van der Waals surface area (Å²) in [5.74, 6) is -0.189. The zero-order valence-electron chi connectivity index (χ0n) is 10.1. The molecule has 100 valence electrons. The zero-order valence-corrected chi connectivity index (χ0v) is 13.2. The van der Waals surface area contributed by atoms with Crippen LogP contribution in [0.25, 0.3) is 0 Å². The van der Waals surface area contributed by atoms with Crippen molar-refractivity contribution in [3.05, 3.63) is 50.7 Å². The molecule has 19 heavy (non-hydrogen) atoms. The van der Waals surface area contributed by atoms with Crippen molar-refractivity contribution in [2.75, 3.05) is 5.32 Å². The van der Waals surface area contributed by atoms with Gasteiger partial charge >= 0.3 is 0 Å². The number of benzene rings is 1. The number of anilines is 1. The quantitative estimate of drug-likeness (QED) is 0.834. The summed E-state index contributed by atoms with van der Waals surface area (Å²) in [6.07, 6.45) is 1.86. The number of nitrogens with one attached hydrogen (secondary N) is 1. The molecular formula is C13H11BrCl2N2O. The summed E-state index contributed by atoms with van der Waals surface area (Å²) in [7, 11) is 0. The molecule has 0 aliphatic carbocycles. The molecule has 0 unspecified atom stereocenters. The average Bonchev–Trinajstić information content (AvgIpc) is 2.75. The Kier molecular flexibility index (Phi) is 4.55. The number of carbonyl (C=O) groups excluding carboxylic acids is 1. The maximum absolute atomic E-state index is 12.2. The summed E-state index contributed by atoms with van der Waals surface area (Å²) in [4.78, 5) is 12.2. The predicted molar refractivity (Wildman–Crippen MR) is 82.2 cm³/mol. The highest BCUT2D eigenvalue weighted by atomic mass is 79.9. The van der Waals surface area contributed by atoms with E-state index in [1.807, 2.05) is 17.7 Å². The Morgan fingerprint density at radius 2 is 2.05 bits per heavy atom. The summed E-state index contributed by atoms with van der Waals surface area (Å²) >= 11 is 15.1. The van der Waals surface area contributed by atoms with E-state index < -0.39 is 0 Å². The maximum Gasteiger partial charge on any atom is 0.272 e. The van der Waals surface area contributed by atoms with Gasteiger partial charge in [-0.15, -0.1) is 0 Å². The molecule has 3 nitrogen and oxygen atoms in total. The third-order valence-electron chi connectivity index (χ3n) is 2.61. The molecule has 0 bridgehead atoms. The van der Waals surface area contributed by atoms with Gasteiger partial charge in [0.2, 0.25) is 0 Å². The number of nitrogens with zero attached hydrogens (tertiary/aromatic N) is 1. The predicted octanol–water partition coefficient (Wildman–Crippen LogP) is 4.83.